The average Bonchev–Trinajstić information content (AvgIpc) is 3.27. The van der Waals surface area contributed by atoms with Crippen molar-refractivity contribution in [2.75, 3.05) is 0 Å². The van der Waals surface area contributed by atoms with Crippen LogP contribution in [0.25, 0.3) is 21.7 Å². The van der Waals surface area contributed by atoms with Gasteiger partial charge in [-0.25, -0.2) is 5.43 Å². The fourth-order valence-corrected chi connectivity index (χ4v) is 4.99. The number of hydrazone groups is 1. The monoisotopic (exact) mass is 610 g/mol. The first-order valence-corrected chi connectivity index (χ1v) is 12.5. The largest absolute Gasteiger partial charge is 0.486 e. The van der Waals surface area contributed by atoms with E-state index in [1.54, 1.807) is 18.2 Å². The Balaban J connectivity index is 1.24. The fraction of sp³-hybridized carbons (Fsp3) is 0.0370. The van der Waals surface area contributed by atoms with Crippen molar-refractivity contribution in [1.82, 2.24) is 5.43 Å². The number of furan rings is 1. The third-order valence-electron chi connectivity index (χ3n) is 5.30. The molecule has 0 aliphatic heterocycles. The van der Waals surface area contributed by atoms with Crippen molar-refractivity contribution in [1.29, 1.82) is 0 Å². The van der Waals surface area contributed by atoms with Gasteiger partial charge in [0.15, 0.2) is 11.5 Å². The summed E-state index contributed by atoms with van der Waals surface area (Å²) in [5, 5.41) is 7.61. The lowest BCUT2D eigenvalue weighted by Crippen LogP contribution is -2.16. The van der Waals surface area contributed by atoms with Crippen molar-refractivity contribution >= 4 is 77.3 Å². The van der Waals surface area contributed by atoms with Crippen LogP contribution in [0, 0.1) is 0 Å². The molecule has 0 aliphatic rings. The number of fused-ring (bicyclic) bond motifs is 2. The maximum Gasteiger partial charge on any atom is 0.307 e. The summed E-state index contributed by atoms with van der Waals surface area (Å²) in [6.07, 6.45) is 1.50. The number of hydrogen-bond donors (Lipinski definition) is 1. The molecule has 0 radical (unpaired) electrons. The first-order chi connectivity index (χ1) is 17.0. The highest BCUT2D eigenvalue weighted by Gasteiger charge is 2.13. The van der Waals surface area contributed by atoms with Gasteiger partial charge in [-0.2, -0.15) is 5.10 Å². The predicted molar refractivity (Wildman–Crippen MR) is 146 cm³/mol. The molecule has 174 valence electrons. The molecule has 1 aromatic heterocycles. The molecular weight excluding hydrogens is 596 g/mol. The van der Waals surface area contributed by atoms with Crippen LogP contribution in [-0.4, -0.2) is 12.1 Å². The van der Waals surface area contributed by atoms with Gasteiger partial charge >= 0.3 is 5.91 Å². The number of rotatable bonds is 6. The Morgan fingerprint density at radius 2 is 1.80 bits per heavy atom. The lowest BCUT2D eigenvalue weighted by Gasteiger charge is -2.11. The topological polar surface area (TPSA) is 63.8 Å². The Kier molecular flexibility index (Phi) is 6.90. The fourth-order valence-electron chi connectivity index (χ4n) is 3.62. The average molecular weight is 613 g/mol. The van der Waals surface area contributed by atoms with Crippen LogP contribution in [0.3, 0.4) is 0 Å². The second-order valence-electron chi connectivity index (χ2n) is 7.78. The van der Waals surface area contributed by atoms with Crippen LogP contribution in [0.4, 0.5) is 0 Å². The Morgan fingerprint density at radius 1 is 0.971 bits per heavy atom. The Hall–Kier alpha value is -3.13. The summed E-state index contributed by atoms with van der Waals surface area (Å²) in [6.45, 7) is 0.376. The zero-order valence-electron chi connectivity index (χ0n) is 18.1. The molecule has 0 saturated carbocycles. The number of amides is 1. The van der Waals surface area contributed by atoms with E-state index < -0.39 is 5.91 Å². The quantitative estimate of drug-likeness (QED) is 0.156. The molecule has 5 aromatic rings. The van der Waals surface area contributed by atoms with Gasteiger partial charge in [-0.1, -0.05) is 63.9 Å². The third kappa shape index (κ3) is 5.42. The first-order valence-electron chi connectivity index (χ1n) is 10.6. The van der Waals surface area contributed by atoms with E-state index in [9.17, 15) is 4.79 Å². The Morgan fingerprint density at radius 3 is 2.63 bits per heavy atom. The van der Waals surface area contributed by atoms with Gasteiger partial charge in [0, 0.05) is 9.86 Å². The molecule has 8 heteroatoms. The van der Waals surface area contributed by atoms with Crippen LogP contribution in [0.2, 0.25) is 5.02 Å². The number of halogens is 3. The minimum Gasteiger partial charge on any atom is -0.486 e. The van der Waals surface area contributed by atoms with Gasteiger partial charge in [0.25, 0.3) is 0 Å². The number of ether oxygens (including phenoxy) is 1. The van der Waals surface area contributed by atoms with E-state index >= 15 is 0 Å². The molecule has 0 unspecified atom stereocenters. The number of carbonyl (C=O) groups excluding carboxylic acids is 1. The molecule has 5 nitrogen and oxygen atoms in total. The van der Waals surface area contributed by atoms with Crippen molar-refractivity contribution in [3.05, 3.63) is 110 Å². The molecule has 0 aliphatic carbocycles. The van der Waals surface area contributed by atoms with Crippen LogP contribution < -0.4 is 10.2 Å². The molecule has 35 heavy (non-hydrogen) atoms. The molecule has 1 N–H and O–H groups in total. The molecular formula is C27H17Br2ClN2O3. The normalized spacial score (nSPS) is 11.4. The summed E-state index contributed by atoms with van der Waals surface area (Å²) in [4.78, 5) is 12.4. The first kappa shape index (κ1) is 23.6. The molecule has 0 saturated heterocycles. The smallest absolute Gasteiger partial charge is 0.307 e. The van der Waals surface area contributed by atoms with E-state index in [-0.39, 0.29) is 5.76 Å². The van der Waals surface area contributed by atoms with Crippen molar-refractivity contribution < 1.29 is 13.9 Å². The second-order valence-corrected chi connectivity index (χ2v) is 9.95. The Bertz CT molecular complexity index is 1570. The van der Waals surface area contributed by atoms with Crippen LogP contribution in [-0.2, 0) is 6.61 Å². The zero-order chi connectivity index (χ0) is 24.4. The van der Waals surface area contributed by atoms with E-state index in [1.807, 2.05) is 36.4 Å². The lowest BCUT2D eigenvalue weighted by atomic mass is 10.1. The predicted octanol–water partition coefficient (Wildman–Crippen LogP) is 8.11. The van der Waals surface area contributed by atoms with Crippen LogP contribution in [0.15, 0.2) is 97.3 Å². The molecule has 4 aromatic carbocycles. The zero-order valence-corrected chi connectivity index (χ0v) is 22.0. The van der Waals surface area contributed by atoms with Crippen molar-refractivity contribution in [2.24, 2.45) is 5.10 Å². The number of carbonyl (C=O) groups is 1. The molecule has 1 amide bonds. The van der Waals surface area contributed by atoms with Crippen LogP contribution >= 0.6 is 43.5 Å². The molecule has 0 atom stereocenters. The van der Waals surface area contributed by atoms with Crippen LogP contribution in [0.5, 0.6) is 5.75 Å². The number of benzene rings is 4. The van der Waals surface area contributed by atoms with Gasteiger partial charge in [-0.15, -0.1) is 0 Å². The minimum atomic E-state index is -0.450. The third-order valence-corrected chi connectivity index (χ3v) is 6.66. The molecule has 5 rings (SSSR count). The summed E-state index contributed by atoms with van der Waals surface area (Å²) < 4.78 is 13.2. The van der Waals surface area contributed by atoms with Gasteiger partial charge in [0.2, 0.25) is 0 Å². The second kappa shape index (κ2) is 10.2. The highest BCUT2D eigenvalue weighted by molar-refractivity contribution is 9.10. The lowest BCUT2D eigenvalue weighted by molar-refractivity contribution is 0.0929. The molecule has 0 bridgehead atoms. The van der Waals surface area contributed by atoms with Gasteiger partial charge < -0.3 is 9.15 Å². The van der Waals surface area contributed by atoms with Gasteiger partial charge in [-0.3, -0.25) is 4.79 Å². The summed E-state index contributed by atoms with van der Waals surface area (Å²) in [5.74, 6) is 0.260. The SMILES string of the molecule is O=C(N/N=C/c1cc(Cl)c(OCc2ccc3ccccc3c2)c(Br)c1)c1cc2cc(Br)ccc2o1. The van der Waals surface area contributed by atoms with Gasteiger partial charge in [0.05, 0.1) is 15.7 Å². The Labute approximate surface area is 223 Å². The number of nitrogens with one attached hydrogen (secondary N) is 1. The standard InChI is InChI=1S/C27H17Br2ClN2O3/c28-21-7-8-24-20(12-21)13-25(35-24)27(33)32-31-14-17-10-22(29)26(23(30)11-17)34-15-16-5-6-18-3-1-2-4-19(18)9-16/h1-14H,15H2,(H,32,33)/b31-14+. The minimum absolute atomic E-state index is 0.173. The van der Waals surface area contributed by atoms with E-state index in [0.29, 0.717) is 33.0 Å². The van der Waals surface area contributed by atoms with Crippen molar-refractivity contribution in [3.63, 3.8) is 0 Å². The summed E-state index contributed by atoms with van der Waals surface area (Å²) in [7, 11) is 0. The van der Waals surface area contributed by atoms with Crippen molar-refractivity contribution in [3.8, 4) is 5.75 Å². The highest BCUT2D eigenvalue weighted by atomic mass is 79.9. The van der Waals surface area contributed by atoms with E-state index in [0.717, 1.165) is 20.8 Å². The highest BCUT2D eigenvalue weighted by Crippen LogP contribution is 2.35. The van der Waals surface area contributed by atoms with Gasteiger partial charge in [0.1, 0.15) is 12.2 Å². The van der Waals surface area contributed by atoms with E-state index in [1.165, 1.54) is 11.6 Å². The van der Waals surface area contributed by atoms with E-state index in [2.05, 4.69) is 66.7 Å². The number of hydrogen-bond acceptors (Lipinski definition) is 4. The summed E-state index contributed by atoms with van der Waals surface area (Å²) >= 11 is 13.4. The van der Waals surface area contributed by atoms with Crippen molar-refractivity contribution in [2.45, 2.75) is 6.61 Å². The van der Waals surface area contributed by atoms with Gasteiger partial charge in [-0.05, 0) is 80.3 Å². The summed E-state index contributed by atoms with van der Waals surface area (Å²) in [5.41, 5.74) is 4.82. The maximum atomic E-state index is 12.4. The maximum absolute atomic E-state index is 12.4. The van der Waals surface area contributed by atoms with Crippen LogP contribution in [0.1, 0.15) is 21.7 Å². The number of nitrogens with zero attached hydrogens (tertiary/aromatic N) is 1. The molecule has 0 spiro atoms. The molecule has 1 heterocycles. The molecule has 0 fully saturated rings. The van der Waals surface area contributed by atoms with E-state index in [4.69, 9.17) is 20.8 Å². The summed E-state index contributed by atoms with van der Waals surface area (Å²) in [6, 6.07) is 25.1.